The van der Waals surface area contributed by atoms with Crippen molar-refractivity contribution in [1.82, 2.24) is 10.2 Å². The van der Waals surface area contributed by atoms with Gasteiger partial charge in [0, 0.05) is 37.1 Å². The monoisotopic (exact) mass is 296 g/mol. The fraction of sp³-hybridized carbons (Fsp3) is 0.938. The van der Waals surface area contributed by atoms with Crippen LogP contribution in [0.5, 0.6) is 0 Å². The van der Waals surface area contributed by atoms with E-state index in [-0.39, 0.29) is 17.4 Å². The molecule has 4 unspecified atom stereocenters. The predicted octanol–water partition coefficient (Wildman–Crippen LogP) is 1.03. The van der Waals surface area contributed by atoms with E-state index in [1.54, 1.807) is 0 Å². The van der Waals surface area contributed by atoms with Crippen LogP contribution in [0, 0.1) is 11.3 Å². The van der Waals surface area contributed by atoms with Crippen molar-refractivity contribution < 1.29 is 14.3 Å². The quantitative estimate of drug-likeness (QED) is 0.845. The Labute approximate surface area is 127 Å². The Bertz CT molecular complexity index is 393. The van der Waals surface area contributed by atoms with Crippen molar-refractivity contribution in [3.8, 4) is 0 Å². The summed E-state index contributed by atoms with van der Waals surface area (Å²) < 4.78 is 11.2. The topological polar surface area (TPSA) is 50.8 Å². The molecule has 0 bridgehead atoms. The van der Waals surface area contributed by atoms with Gasteiger partial charge in [0.1, 0.15) is 0 Å². The number of amides is 1. The summed E-state index contributed by atoms with van der Waals surface area (Å²) in [5, 5.41) is 3.59. The van der Waals surface area contributed by atoms with Gasteiger partial charge >= 0.3 is 0 Å². The molecule has 2 heterocycles. The normalized spacial score (nSPS) is 36.5. The van der Waals surface area contributed by atoms with Gasteiger partial charge in [0.25, 0.3) is 0 Å². The minimum Gasteiger partial charge on any atom is -0.378 e. The second kappa shape index (κ2) is 5.86. The van der Waals surface area contributed by atoms with E-state index in [4.69, 9.17) is 9.47 Å². The van der Waals surface area contributed by atoms with Crippen molar-refractivity contribution in [3.63, 3.8) is 0 Å². The van der Waals surface area contributed by atoms with Crippen LogP contribution in [0.3, 0.4) is 0 Å². The lowest BCUT2D eigenvalue weighted by atomic mass is 9.55. The molecule has 3 rings (SSSR count). The number of carbonyl (C=O) groups is 1. The molecule has 0 spiro atoms. The summed E-state index contributed by atoms with van der Waals surface area (Å²) in [6.07, 6.45) is 2.71. The first-order valence-corrected chi connectivity index (χ1v) is 8.26. The van der Waals surface area contributed by atoms with Gasteiger partial charge < -0.3 is 19.7 Å². The van der Waals surface area contributed by atoms with Crippen molar-refractivity contribution in [2.75, 3.05) is 32.9 Å². The summed E-state index contributed by atoms with van der Waals surface area (Å²) in [5.41, 5.74) is 0.116. The number of nitrogens with zero attached hydrogens (tertiary/aromatic N) is 1. The number of rotatable bonds is 3. The van der Waals surface area contributed by atoms with Crippen LogP contribution in [0.4, 0.5) is 0 Å². The van der Waals surface area contributed by atoms with Crippen LogP contribution < -0.4 is 5.32 Å². The fourth-order valence-corrected chi connectivity index (χ4v) is 4.26. The Kier molecular flexibility index (Phi) is 4.26. The number of hydrogen-bond donors (Lipinski definition) is 1. The Morgan fingerprint density at radius 3 is 2.71 bits per heavy atom. The minimum absolute atomic E-state index is 0.116. The van der Waals surface area contributed by atoms with Crippen molar-refractivity contribution >= 4 is 5.91 Å². The van der Waals surface area contributed by atoms with Crippen LogP contribution in [-0.2, 0) is 14.3 Å². The molecule has 0 radical (unpaired) electrons. The lowest BCUT2D eigenvalue weighted by Crippen LogP contribution is -2.71. The summed E-state index contributed by atoms with van der Waals surface area (Å²) >= 11 is 0. The molecular weight excluding hydrogens is 268 g/mol. The number of morpholine rings is 1. The SMILES string of the molecule is CC(NC1C2CCCOC2C1(C)C)C(=O)N1CCOCC1. The van der Waals surface area contributed by atoms with Crippen LogP contribution in [0.1, 0.15) is 33.6 Å². The zero-order valence-corrected chi connectivity index (χ0v) is 13.4. The molecule has 0 aromatic rings. The van der Waals surface area contributed by atoms with E-state index in [2.05, 4.69) is 19.2 Å². The second-order valence-corrected chi connectivity index (χ2v) is 7.22. The van der Waals surface area contributed by atoms with E-state index >= 15 is 0 Å². The molecule has 2 aliphatic heterocycles. The average Bonchev–Trinajstić information content (AvgIpc) is 2.52. The Morgan fingerprint density at radius 1 is 1.29 bits per heavy atom. The van der Waals surface area contributed by atoms with Gasteiger partial charge in [-0.25, -0.2) is 0 Å². The Morgan fingerprint density at radius 2 is 2.00 bits per heavy atom. The highest BCUT2D eigenvalue weighted by atomic mass is 16.5. The molecule has 0 aromatic heterocycles. The molecule has 5 heteroatoms. The lowest BCUT2D eigenvalue weighted by molar-refractivity contribution is -0.195. The van der Waals surface area contributed by atoms with Gasteiger partial charge in [-0.15, -0.1) is 0 Å². The molecule has 1 N–H and O–H groups in total. The maximum atomic E-state index is 12.5. The number of nitrogens with one attached hydrogen (secondary N) is 1. The van der Waals surface area contributed by atoms with Gasteiger partial charge in [0.05, 0.1) is 25.4 Å². The number of carbonyl (C=O) groups excluding carboxylic acids is 1. The molecule has 2 saturated heterocycles. The van der Waals surface area contributed by atoms with E-state index in [9.17, 15) is 4.79 Å². The highest BCUT2D eigenvalue weighted by Crippen LogP contribution is 2.51. The standard InChI is InChI=1S/C16H28N2O3/c1-11(15(19)18-6-9-20-10-7-18)17-13-12-5-4-8-21-14(12)16(13,2)3/h11-14,17H,4-10H2,1-3H3. The summed E-state index contributed by atoms with van der Waals surface area (Å²) in [5.74, 6) is 0.767. The minimum atomic E-state index is -0.129. The number of fused-ring (bicyclic) bond motifs is 1. The molecule has 0 aromatic carbocycles. The van der Waals surface area contributed by atoms with E-state index in [0.29, 0.717) is 44.4 Å². The second-order valence-electron chi connectivity index (χ2n) is 7.22. The van der Waals surface area contributed by atoms with Gasteiger partial charge in [-0.3, -0.25) is 4.79 Å². The zero-order chi connectivity index (χ0) is 15.0. The summed E-state index contributed by atoms with van der Waals surface area (Å²) in [6.45, 7) is 10.1. The summed E-state index contributed by atoms with van der Waals surface area (Å²) in [4.78, 5) is 14.4. The Hall–Kier alpha value is -0.650. The third-order valence-corrected chi connectivity index (χ3v) is 5.45. The van der Waals surface area contributed by atoms with E-state index < -0.39 is 0 Å². The van der Waals surface area contributed by atoms with Crippen LogP contribution >= 0.6 is 0 Å². The summed E-state index contributed by atoms with van der Waals surface area (Å²) in [7, 11) is 0. The first-order valence-electron chi connectivity index (χ1n) is 8.26. The van der Waals surface area contributed by atoms with E-state index in [0.717, 1.165) is 13.0 Å². The molecule has 3 aliphatic rings. The van der Waals surface area contributed by atoms with Crippen molar-refractivity contribution in [3.05, 3.63) is 0 Å². The van der Waals surface area contributed by atoms with Crippen molar-refractivity contribution in [1.29, 1.82) is 0 Å². The highest BCUT2D eigenvalue weighted by Gasteiger charge is 2.58. The van der Waals surface area contributed by atoms with Crippen LogP contribution in [0.2, 0.25) is 0 Å². The maximum Gasteiger partial charge on any atom is 0.239 e. The van der Waals surface area contributed by atoms with Crippen LogP contribution in [0.25, 0.3) is 0 Å². The molecule has 120 valence electrons. The van der Waals surface area contributed by atoms with E-state index in [1.807, 2.05) is 11.8 Å². The molecule has 5 nitrogen and oxygen atoms in total. The third kappa shape index (κ3) is 2.71. The van der Waals surface area contributed by atoms with Crippen LogP contribution in [0.15, 0.2) is 0 Å². The summed E-state index contributed by atoms with van der Waals surface area (Å²) in [6, 6.07) is 0.248. The molecule has 3 fully saturated rings. The molecule has 21 heavy (non-hydrogen) atoms. The predicted molar refractivity (Wildman–Crippen MR) is 80.0 cm³/mol. The van der Waals surface area contributed by atoms with Crippen molar-refractivity contribution in [2.24, 2.45) is 11.3 Å². The van der Waals surface area contributed by atoms with Gasteiger partial charge in [0.2, 0.25) is 5.91 Å². The third-order valence-electron chi connectivity index (χ3n) is 5.45. The average molecular weight is 296 g/mol. The van der Waals surface area contributed by atoms with Gasteiger partial charge in [-0.1, -0.05) is 13.8 Å². The van der Waals surface area contributed by atoms with Gasteiger partial charge in [-0.05, 0) is 19.8 Å². The van der Waals surface area contributed by atoms with E-state index in [1.165, 1.54) is 6.42 Å². The van der Waals surface area contributed by atoms with Gasteiger partial charge in [0.15, 0.2) is 0 Å². The first-order chi connectivity index (χ1) is 10.0. The molecule has 1 saturated carbocycles. The number of ether oxygens (including phenoxy) is 2. The fourth-order valence-electron chi connectivity index (χ4n) is 4.26. The zero-order valence-electron chi connectivity index (χ0n) is 13.4. The van der Waals surface area contributed by atoms with Gasteiger partial charge in [-0.2, -0.15) is 0 Å². The molecular formula is C16H28N2O3. The molecule has 1 amide bonds. The maximum absolute atomic E-state index is 12.5. The smallest absolute Gasteiger partial charge is 0.239 e. The molecule has 4 atom stereocenters. The van der Waals surface area contributed by atoms with Crippen LogP contribution in [-0.4, -0.2) is 61.9 Å². The first kappa shape index (κ1) is 15.3. The highest BCUT2D eigenvalue weighted by molar-refractivity contribution is 5.81. The molecule has 1 aliphatic carbocycles. The number of hydrogen-bond acceptors (Lipinski definition) is 4. The van der Waals surface area contributed by atoms with Crippen molar-refractivity contribution in [2.45, 2.75) is 51.8 Å². The largest absolute Gasteiger partial charge is 0.378 e. The lowest BCUT2D eigenvalue weighted by Gasteiger charge is -2.60. The Balaban J connectivity index is 1.59.